The van der Waals surface area contributed by atoms with Gasteiger partial charge in [0.1, 0.15) is 0 Å². The number of amides is 1. The second kappa shape index (κ2) is 8.72. The minimum absolute atomic E-state index is 0.00435. The van der Waals surface area contributed by atoms with E-state index in [2.05, 4.69) is 10.1 Å². The average Bonchev–Trinajstić information content (AvgIpc) is 3.10. The van der Waals surface area contributed by atoms with E-state index < -0.39 is 12.2 Å². The predicted octanol–water partition coefficient (Wildman–Crippen LogP) is 3.24. The van der Waals surface area contributed by atoms with Crippen molar-refractivity contribution in [2.45, 2.75) is 64.8 Å². The second-order valence-electron chi connectivity index (χ2n) is 8.59. The summed E-state index contributed by atoms with van der Waals surface area (Å²) in [5.41, 5.74) is 8.45. The monoisotopic (exact) mass is 423 g/mol. The first kappa shape index (κ1) is 21.4. The lowest BCUT2D eigenvalue weighted by Gasteiger charge is -2.31. The topological polar surface area (TPSA) is 116 Å². The van der Waals surface area contributed by atoms with Gasteiger partial charge in [-0.15, -0.1) is 0 Å². The lowest BCUT2D eigenvalue weighted by atomic mass is 9.83. The maximum Gasteiger partial charge on any atom is 0.252 e. The smallest absolute Gasteiger partial charge is 0.252 e. The van der Waals surface area contributed by atoms with Crippen molar-refractivity contribution in [2.24, 2.45) is 11.7 Å². The normalized spacial score (nSPS) is 20.3. The van der Waals surface area contributed by atoms with Gasteiger partial charge in [-0.25, -0.2) is 9.97 Å². The van der Waals surface area contributed by atoms with E-state index in [1.165, 1.54) is 6.20 Å². The minimum atomic E-state index is -0.760. The van der Waals surface area contributed by atoms with Crippen LogP contribution in [0.1, 0.15) is 67.2 Å². The molecule has 31 heavy (non-hydrogen) atoms. The molecule has 8 heteroatoms. The maximum absolute atomic E-state index is 12.1. The zero-order valence-electron chi connectivity index (χ0n) is 18.2. The van der Waals surface area contributed by atoms with Crippen molar-refractivity contribution in [3.63, 3.8) is 0 Å². The van der Waals surface area contributed by atoms with Crippen molar-refractivity contribution in [3.05, 3.63) is 47.4 Å². The molecule has 3 aromatic rings. The van der Waals surface area contributed by atoms with Crippen molar-refractivity contribution in [1.29, 1.82) is 0 Å². The number of ether oxygens (including phenoxy) is 1. The van der Waals surface area contributed by atoms with Crippen molar-refractivity contribution < 1.29 is 14.6 Å². The van der Waals surface area contributed by atoms with Crippen LogP contribution in [-0.2, 0) is 4.74 Å². The average molecular weight is 424 g/mol. The number of fused-ring (bicyclic) bond motifs is 1. The molecule has 8 nitrogen and oxygen atoms in total. The summed E-state index contributed by atoms with van der Waals surface area (Å²) >= 11 is 0. The molecule has 4 rings (SSSR count). The number of carbonyl (C=O) groups excluding carboxylic acids is 1. The Hall–Kier alpha value is -2.84. The van der Waals surface area contributed by atoms with Crippen LogP contribution >= 0.6 is 0 Å². The molecular formula is C23H29N5O3. The van der Waals surface area contributed by atoms with Gasteiger partial charge in [-0.3, -0.25) is 4.79 Å². The van der Waals surface area contributed by atoms with Gasteiger partial charge in [0.05, 0.1) is 28.6 Å². The first-order chi connectivity index (χ1) is 14.8. The molecular weight excluding hydrogens is 394 g/mol. The van der Waals surface area contributed by atoms with Crippen molar-refractivity contribution in [3.8, 4) is 5.95 Å². The number of rotatable bonds is 6. The summed E-state index contributed by atoms with van der Waals surface area (Å²) in [6, 6.07) is 7.91. The number of nitrogens with two attached hydrogens (primary N) is 1. The molecule has 0 spiro atoms. The Kier molecular flexibility index (Phi) is 6.02. The van der Waals surface area contributed by atoms with Crippen molar-refractivity contribution in [2.75, 3.05) is 0 Å². The molecule has 1 amide bonds. The van der Waals surface area contributed by atoms with E-state index in [9.17, 15) is 9.90 Å². The molecule has 1 saturated carbocycles. The first-order valence-electron chi connectivity index (χ1n) is 10.8. The molecule has 0 bridgehead atoms. The van der Waals surface area contributed by atoms with E-state index in [0.717, 1.165) is 42.3 Å². The molecule has 2 aromatic heterocycles. The Morgan fingerprint density at radius 1 is 1.23 bits per heavy atom. The van der Waals surface area contributed by atoms with Crippen LogP contribution < -0.4 is 5.73 Å². The number of primary amides is 1. The van der Waals surface area contributed by atoms with E-state index in [-0.39, 0.29) is 17.9 Å². The summed E-state index contributed by atoms with van der Waals surface area (Å²) in [5.74, 6) is 0.0220. The van der Waals surface area contributed by atoms with Crippen LogP contribution in [0.3, 0.4) is 0 Å². The van der Waals surface area contributed by atoms with Gasteiger partial charge in [-0.05, 0) is 38.7 Å². The maximum atomic E-state index is 12.1. The van der Waals surface area contributed by atoms with Crippen LogP contribution in [0.2, 0.25) is 0 Å². The number of hydrogen-bond acceptors (Lipinski definition) is 6. The number of carbonyl (C=O) groups is 1. The van der Waals surface area contributed by atoms with Gasteiger partial charge in [-0.2, -0.15) is 9.78 Å². The SMILES string of the molecule is Cc1nn(-c2ncc(C(N)=O)c([C@H]3CC[C@H](OC(O)C(C)C)CC3)n2)c2ccccc12. The summed E-state index contributed by atoms with van der Waals surface area (Å²) in [4.78, 5) is 21.2. The van der Waals surface area contributed by atoms with Crippen LogP contribution in [0.15, 0.2) is 30.5 Å². The van der Waals surface area contributed by atoms with Crippen LogP contribution in [0, 0.1) is 12.8 Å². The number of aryl methyl sites for hydroxylation is 1. The fourth-order valence-corrected chi connectivity index (χ4v) is 4.19. The predicted molar refractivity (Wildman–Crippen MR) is 117 cm³/mol. The molecule has 1 aliphatic carbocycles. The number of aromatic nitrogens is 4. The molecule has 2 heterocycles. The molecule has 0 saturated heterocycles. The van der Waals surface area contributed by atoms with E-state index in [1.807, 2.05) is 45.0 Å². The van der Waals surface area contributed by atoms with Crippen molar-refractivity contribution >= 4 is 16.8 Å². The van der Waals surface area contributed by atoms with Crippen molar-refractivity contribution in [1.82, 2.24) is 19.7 Å². The highest BCUT2D eigenvalue weighted by Crippen LogP contribution is 2.35. The fourth-order valence-electron chi connectivity index (χ4n) is 4.19. The zero-order valence-corrected chi connectivity index (χ0v) is 18.2. The van der Waals surface area contributed by atoms with E-state index >= 15 is 0 Å². The van der Waals surface area contributed by atoms with Gasteiger partial charge in [0, 0.05) is 23.4 Å². The Balaban J connectivity index is 1.63. The highest BCUT2D eigenvalue weighted by atomic mass is 16.6. The van der Waals surface area contributed by atoms with Crippen LogP contribution in [0.25, 0.3) is 16.9 Å². The van der Waals surface area contributed by atoms with Crippen LogP contribution in [0.4, 0.5) is 0 Å². The Morgan fingerprint density at radius 2 is 1.94 bits per heavy atom. The molecule has 1 unspecified atom stereocenters. The second-order valence-corrected chi connectivity index (χ2v) is 8.59. The van der Waals surface area contributed by atoms with Crippen LogP contribution in [0.5, 0.6) is 0 Å². The number of benzene rings is 1. The minimum Gasteiger partial charge on any atom is -0.368 e. The molecule has 1 aromatic carbocycles. The molecule has 3 N–H and O–H groups in total. The molecule has 1 atom stereocenters. The summed E-state index contributed by atoms with van der Waals surface area (Å²) < 4.78 is 7.49. The lowest BCUT2D eigenvalue weighted by molar-refractivity contribution is -0.166. The molecule has 164 valence electrons. The number of aliphatic hydroxyl groups is 1. The summed E-state index contributed by atoms with van der Waals surface area (Å²) in [6.07, 6.45) is 3.92. The number of para-hydroxylation sites is 1. The standard InChI is InChI=1S/C23H29N5O3/c1-13(2)22(30)31-16-10-8-15(9-11-16)20-18(21(24)29)12-25-23(26-20)28-19-7-5-4-6-17(19)14(3)27-28/h4-7,12-13,15-16,22,30H,8-11H2,1-3H3,(H2,24,29)/t15-,16-,22?. The molecule has 1 fully saturated rings. The third-order valence-electron chi connectivity index (χ3n) is 6.00. The third kappa shape index (κ3) is 4.31. The Labute approximate surface area is 181 Å². The highest BCUT2D eigenvalue weighted by Gasteiger charge is 2.29. The summed E-state index contributed by atoms with van der Waals surface area (Å²) in [7, 11) is 0. The van der Waals surface area contributed by atoms with Gasteiger partial charge < -0.3 is 15.6 Å². The Morgan fingerprint density at radius 3 is 2.61 bits per heavy atom. The highest BCUT2D eigenvalue weighted by molar-refractivity contribution is 5.93. The molecule has 0 radical (unpaired) electrons. The third-order valence-corrected chi connectivity index (χ3v) is 6.00. The van der Waals surface area contributed by atoms with E-state index in [1.54, 1.807) is 4.68 Å². The van der Waals surface area contributed by atoms with Gasteiger partial charge in [0.2, 0.25) is 0 Å². The largest absolute Gasteiger partial charge is 0.368 e. The molecule has 0 aliphatic heterocycles. The van der Waals surface area contributed by atoms with E-state index in [4.69, 9.17) is 15.5 Å². The number of hydrogen-bond donors (Lipinski definition) is 2. The Bertz CT molecular complexity index is 1090. The number of nitrogens with zero attached hydrogens (tertiary/aromatic N) is 4. The van der Waals surface area contributed by atoms with Gasteiger partial charge in [0.25, 0.3) is 11.9 Å². The summed E-state index contributed by atoms with van der Waals surface area (Å²) in [6.45, 7) is 5.81. The lowest BCUT2D eigenvalue weighted by Crippen LogP contribution is -2.30. The first-order valence-corrected chi connectivity index (χ1v) is 10.8. The quantitative estimate of drug-likeness (QED) is 0.588. The van der Waals surface area contributed by atoms with Gasteiger partial charge in [-0.1, -0.05) is 32.0 Å². The number of aliphatic hydroxyl groups excluding tert-OH is 1. The van der Waals surface area contributed by atoms with E-state index in [0.29, 0.717) is 17.2 Å². The summed E-state index contributed by atoms with van der Waals surface area (Å²) in [5, 5.41) is 15.7. The zero-order chi connectivity index (χ0) is 22.1. The van der Waals surface area contributed by atoms with Gasteiger partial charge in [0.15, 0.2) is 6.29 Å². The van der Waals surface area contributed by atoms with Crippen LogP contribution in [-0.4, -0.2) is 43.2 Å². The molecule has 1 aliphatic rings. The van der Waals surface area contributed by atoms with Gasteiger partial charge >= 0.3 is 0 Å². The fraction of sp³-hybridized carbons (Fsp3) is 0.478.